The molecule has 1 amide bonds. The summed E-state index contributed by atoms with van der Waals surface area (Å²) in [4.78, 5) is 26.8. The molecule has 0 atom stereocenters. The van der Waals surface area contributed by atoms with Gasteiger partial charge in [0.25, 0.3) is 0 Å². The van der Waals surface area contributed by atoms with Crippen LogP contribution in [0.25, 0.3) is 0 Å². The van der Waals surface area contributed by atoms with Crippen LogP contribution in [0.1, 0.15) is 32.6 Å². The number of rotatable bonds is 7. The van der Waals surface area contributed by atoms with E-state index >= 15 is 0 Å². The maximum atomic E-state index is 12.0. The van der Waals surface area contributed by atoms with Gasteiger partial charge in [-0.25, -0.2) is 0 Å². The fourth-order valence-electron chi connectivity index (χ4n) is 2.05. The SMILES string of the molecule is CCOC(=O)CCN(C)CC(=O)N(C)C1=CCCC1. The van der Waals surface area contributed by atoms with Crippen LogP contribution >= 0.6 is 0 Å². The van der Waals surface area contributed by atoms with E-state index in [2.05, 4.69) is 6.08 Å². The molecule has 0 saturated carbocycles. The molecular formula is C14H24N2O3. The Hall–Kier alpha value is -1.36. The van der Waals surface area contributed by atoms with E-state index in [4.69, 9.17) is 4.74 Å². The van der Waals surface area contributed by atoms with Gasteiger partial charge in [0.15, 0.2) is 0 Å². The molecule has 5 nitrogen and oxygen atoms in total. The van der Waals surface area contributed by atoms with Gasteiger partial charge in [-0.2, -0.15) is 0 Å². The highest BCUT2D eigenvalue weighted by Crippen LogP contribution is 2.20. The Morgan fingerprint density at radius 2 is 2.11 bits per heavy atom. The number of allylic oxidation sites excluding steroid dienone is 2. The first-order chi connectivity index (χ1) is 9.04. The fourth-order valence-corrected chi connectivity index (χ4v) is 2.05. The molecule has 0 fully saturated rings. The molecule has 108 valence electrons. The first-order valence-corrected chi connectivity index (χ1v) is 6.84. The highest BCUT2D eigenvalue weighted by molar-refractivity contribution is 5.79. The van der Waals surface area contributed by atoms with Gasteiger partial charge in [0.2, 0.25) is 5.91 Å². The molecule has 0 aromatic carbocycles. The molecule has 0 bridgehead atoms. The molecule has 5 heteroatoms. The number of ether oxygens (including phenoxy) is 1. The van der Waals surface area contributed by atoms with E-state index in [9.17, 15) is 9.59 Å². The molecule has 0 aromatic rings. The number of hydrogen-bond acceptors (Lipinski definition) is 4. The van der Waals surface area contributed by atoms with E-state index < -0.39 is 0 Å². The zero-order chi connectivity index (χ0) is 14.3. The lowest BCUT2D eigenvalue weighted by atomic mass is 10.3. The van der Waals surface area contributed by atoms with Crippen LogP contribution in [0.4, 0.5) is 0 Å². The first-order valence-electron chi connectivity index (χ1n) is 6.84. The lowest BCUT2D eigenvalue weighted by Gasteiger charge is -2.22. The maximum absolute atomic E-state index is 12.0. The van der Waals surface area contributed by atoms with E-state index in [1.807, 2.05) is 19.0 Å². The van der Waals surface area contributed by atoms with E-state index in [1.54, 1.807) is 11.8 Å². The Bertz CT molecular complexity index is 353. The van der Waals surface area contributed by atoms with Crippen LogP contribution in [0.5, 0.6) is 0 Å². The maximum Gasteiger partial charge on any atom is 0.307 e. The number of esters is 1. The van der Waals surface area contributed by atoms with Gasteiger partial charge in [-0.15, -0.1) is 0 Å². The second-order valence-electron chi connectivity index (χ2n) is 4.83. The third-order valence-electron chi connectivity index (χ3n) is 3.23. The van der Waals surface area contributed by atoms with E-state index in [0.29, 0.717) is 26.1 Å². The molecule has 0 heterocycles. The van der Waals surface area contributed by atoms with Crippen LogP contribution in [0, 0.1) is 0 Å². The van der Waals surface area contributed by atoms with E-state index in [1.165, 1.54) is 0 Å². The molecule has 0 radical (unpaired) electrons. The molecule has 1 aliphatic rings. The highest BCUT2D eigenvalue weighted by Gasteiger charge is 2.17. The summed E-state index contributed by atoms with van der Waals surface area (Å²) < 4.78 is 4.86. The third-order valence-corrected chi connectivity index (χ3v) is 3.23. The summed E-state index contributed by atoms with van der Waals surface area (Å²) in [5.74, 6) is -0.145. The van der Waals surface area contributed by atoms with Gasteiger partial charge < -0.3 is 9.64 Å². The largest absolute Gasteiger partial charge is 0.466 e. The molecule has 0 aromatic heterocycles. The Morgan fingerprint density at radius 1 is 1.37 bits per heavy atom. The number of likely N-dealkylation sites (N-methyl/N-ethyl adjacent to an activating group) is 2. The Morgan fingerprint density at radius 3 is 2.68 bits per heavy atom. The summed E-state index contributed by atoms with van der Waals surface area (Å²) in [6.45, 7) is 3.05. The number of amides is 1. The minimum absolute atomic E-state index is 0.0690. The van der Waals surface area contributed by atoms with Gasteiger partial charge in [0.05, 0.1) is 19.6 Å². The molecule has 0 saturated heterocycles. The predicted molar refractivity (Wildman–Crippen MR) is 73.5 cm³/mol. The van der Waals surface area contributed by atoms with Gasteiger partial charge in [-0.1, -0.05) is 6.08 Å². The Kier molecular flexibility index (Phi) is 6.56. The number of hydrogen-bond donors (Lipinski definition) is 0. The topological polar surface area (TPSA) is 49.9 Å². The average molecular weight is 268 g/mol. The predicted octanol–water partition coefficient (Wildman–Crippen LogP) is 1.40. The van der Waals surface area contributed by atoms with Gasteiger partial charge in [-0.05, 0) is 33.2 Å². The highest BCUT2D eigenvalue weighted by atomic mass is 16.5. The standard InChI is InChI=1S/C14H24N2O3/c1-4-19-14(18)9-10-15(2)11-13(17)16(3)12-7-5-6-8-12/h7H,4-6,8-11H2,1-3H3. The Labute approximate surface area is 115 Å². The number of carbonyl (C=O) groups excluding carboxylic acids is 2. The van der Waals surface area contributed by atoms with Crippen molar-refractivity contribution in [2.24, 2.45) is 0 Å². The average Bonchev–Trinajstić information content (AvgIpc) is 2.89. The summed E-state index contributed by atoms with van der Waals surface area (Å²) in [7, 11) is 3.66. The molecule has 1 rings (SSSR count). The van der Waals surface area contributed by atoms with Crippen LogP contribution in [-0.4, -0.2) is 55.5 Å². The molecular weight excluding hydrogens is 244 g/mol. The van der Waals surface area contributed by atoms with Crippen molar-refractivity contribution in [3.05, 3.63) is 11.8 Å². The van der Waals surface area contributed by atoms with Gasteiger partial charge in [-0.3, -0.25) is 14.5 Å². The molecule has 0 unspecified atom stereocenters. The first kappa shape index (κ1) is 15.7. The molecule has 19 heavy (non-hydrogen) atoms. The van der Waals surface area contributed by atoms with Gasteiger partial charge >= 0.3 is 5.97 Å². The zero-order valence-electron chi connectivity index (χ0n) is 12.1. The smallest absolute Gasteiger partial charge is 0.307 e. The van der Waals surface area contributed by atoms with E-state index in [-0.39, 0.29) is 11.9 Å². The quantitative estimate of drug-likeness (QED) is 0.655. The van der Waals surface area contributed by atoms with Crippen molar-refractivity contribution in [2.45, 2.75) is 32.6 Å². The molecule has 0 N–H and O–H groups in total. The minimum atomic E-state index is -0.214. The number of nitrogens with zero attached hydrogens (tertiary/aromatic N) is 2. The normalized spacial score (nSPS) is 14.4. The van der Waals surface area contributed by atoms with E-state index in [0.717, 1.165) is 25.0 Å². The van der Waals surface area contributed by atoms with Crippen LogP contribution in [0.2, 0.25) is 0 Å². The van der Waals surface area contributed by atoms with Crippen LogP contribution < -0.4 is 0 Å². The Balaban J connectivity index is 2.29. The van der Waals surface area contributed by atoms with Crippen molar-refractivity contribution >= 4 is 11.9 Å². The van der Waals surface area contributed by atoms with Crippen LogP contribution in [0.3, 0.4) is 0 Å². The third kappa shape index (κ3) is 5.42. The lowest BCUT2D eigenvalue weighted by molar-refractivity contribution is -0.143. The van der Waals surface area contributed by atoms with Crippen LogP contribution in [-0.2, 0) is 14.3 Å². The van der Waals surface area contributed by atoms with Crippen molar-refractivity contribution in [3.8, 4) is 0 Å². The summed E-state index contributed by atoms with van der Waals surface area (Å²) in [5, 5.41) is 0. The monoisotopic (exact) mass is 268 g/mol. The van der Waals surface area contributed by atoms with Crippen molar-refractivity contribution in [1.29, 1.82) is 0 Å². The molecule has 1 aliphatic carbocycles. The van der Waals surface area contributed by atoms with Crippen molar-refractivity contribution < 1.29 is 14.3 Å². The second kappa shape index (κ2) is 7.94. The fraction of sp³-hybridized carbons (Fsp3) is 0.714. The van der Waals surface area contributed by atoms with Gasteiger partial charge in [0, 0.05) is 19.3 Å². The zero-order valence-corrected chi connectivity index (χ0v) is 12.1. The number of carbonyl (C=O) groups is 2. The summed E-state index contributed by atoms with van der Waals surface area (Å²) >= 11 is 0. The minimum Gasteiger partial charge on any atom is -0.466 e. The lowest BCUT2D eigenvalue weighted by Crippen LogP contribution is -2.36. The molecule has 0 spiro atoms. The summed E-state index contributed by atoms with van der Waals surface area (Å²) in [5.41, 5.74) is 1.11. The second-order valence-corrected chi connectivity index (χ2v) is 4.83. The van der Waals surface area contributed by atoms with Crippen LogP contribution in [0.15, 0.2) is 11.8 Å². The van der Waals surface area contributed by atoms with Crippen molar-refractivity contribution in [2.75, 3.05) is 33.8 Å². The summed E-state index contributed by atoms with van der Waals surface area (Å²) in [6, 6.07) is 0. The van der Waals surface area contributed by atoms with Crippen molar-refractivity contribution in [3.63, 3.8) is 0 Å². The molecule has 0 aliphatic heterocycles. The van der Waals surface area contributed by atoms with Crippen molar-refractivity contribution in [1.82, 2.24) is 9.80 Å². The summed E-state index contributed by atoms with van der Waals surface area (Å²) in [6.07, 6.45) is 5.62. The van der Waals surface area contributed by atoms with Gasteiger partial charge in [0.1, 0.15) is 0 Å².